The summed E-state index contributed by atoms with van der Waals surface area (Å²) in [6.07, 6.45) is 2.70. The SMILES string of the molecule is Cc1ccccc1-n1nc(C)c(CN(C)Cn2cc([N+](=O)[O-])cn2)c1C. The molecule has 2 heterocycles. The molecule has 136 valence electrons. The lowest BCUT2D eigenvalue weighted by molar-refractivity contribution is -0.385. The summed E-state index contributed by atoms with van der Waals surface area (Å²) in [7, 11) is 1.96. The Balaban J connectivity index is 1.79. The monoisotopic (exact) mass is 354 g/mol. The van der Waals surface area contributed by atoms with Crippen molar-refractivity contribution in [1.82, 2.24) is 24.5 Å². The van der Waals surface area contributed by atoms with Crippen LogP contribution in [0.2, 0.25) is 0 Å². The number of para-hydroxylation sites is 1. The summed E-state index contributed by atoms with van der Waals surface area (Å²) in [5.74, 6) is 0. The molecule has 0 aliphatic rings. The number of rotatable bonds is 6. The fourth-order valence-electron chi connectivity index (χ4n) is 3.03. The van der Waals surface area contributed by atoms with Crippen LogP contribution in [0.5, 0.6) is 0 Å². The maximum atomic E-state index is 10.8. The standard InChI is InChI=1S/C18H22N6O2/c1-13-7-5-6-8-18(13)23-15(3)17(14(2)20-23)11-21(4)12-22-10-16(9-19-22)24(25)26/h5-10H,11-12H2,1-4H3. The molecule has 3 rings (SSSR count). The molecule has 0 N–H and O–H groups in total. The molecule has 0 saturated heterocycles. The summed E-state index contributed by atoms with van der Waals surface area (Å²) in [5.41, 5.74) is 5.46. The molecule has 0 atom stereocenters. The molecule has 26 heavy (non-hydrogen) atoms. The van der Waals surface area contributed by atoms with Gasteiger partial charge in [0.25, 0.3) is 0 Å². The lowest BCUT2D eigenvalue weighted by atomic mass is 10.1. The molecule has 0 radical (unpaired) electrons. The molecule has 0 bridgehead atoms. The van der Waals surface area contributed by atoms with Crippen LogP contribution < -0.4 is 0 Å². The Morgan fingerprint density at radius 2 is 1.96 bits per heavy atom. The summed E-state index contributed by atoms with van der Waals surface area (Å²) >= 11 is 0. The number of benzene rings is 1. The van der Waals surface area contributed by atoms with Gasteiger partial charge in [0.1, 0.15) is 12.4 Å². The van der Waals surface area contributed by atoms with E-state index in [1.165, 1.54) is 18.0 Å². The van der Waals surface area contributed by atoms with Crippen molar-refractivity contribution in [3.05, 3.63) is 69.3 Å². The second-order valence-corrected chi connectivity index (χ2v) is 6.50. The highest BCUT2D eigenvalue weighted by molar-refractivity contribution is 5.42. The third-order valence-corrected chi connectivity index (χ3v) is 4.43. The zero-order valence-corrected chi connectivity index (χ0v) is 15.4. The van der Waals surface area contributed by atoms with Gasteiger partial charge in [0.15, 0.2) is 0 Å². The smallest absolute Gasteiger partial charge is 0.283 e. The highest BCUT2D eigenvalue weighted by Gasteiger charge is 2.16. The number of hydrogen-bond donors (Lipinski definition) is 0. The molecule has 0 saturated carbocycles. The first-order chi connectivity index (χ1) is 12.4. The van der Waals surface area contributed by atoms with Gasteiger partial charge in [-0.15, -0.1) is 0 Å². The maximum absolute atomic E-state index is 10.8. The van der Waals surface area contributed by atoms with Crippen LogP contribution in [-0.4, -0.2) is 36.4 Å². The fourth-order valence-corrected chi connectivity index (χ4v) is 3.03. The van der Waals surface area contributed by atoms with E-state index in [9.17, 15) is 10.1 Å². The average Bonchev–Trinajstić information content (AvgIpc) is 3.15. The molecule has 0 unspecified atom stereocenters. The highest BCUT2D eigenvalue weighted by Crippen LogP contribution is 2.21. The van der Waals surface area contributed by atoms with Crippen molar-refractivity contribution in [3.8, 4) is 5.69 Å². The number of aryl methyl sites for hydroxylation is 2. The molecule has 2 aromatic heterocycles. The second-order valence-electron chi connectivity index (χ2n) is 6.50. The van der Waals surface area contributed by atoms with Crippen LogP contribution in [-0.2, 0) is 13.2 Å². The summed E-state index contributed by atoms with van der Waals surface area (Å²) in [5, 5.41) is 19.5. The van der Waals surface area contributed by atoms with Crippen LogP contribution in [0.25, 0.3) is 5.69 Å². The molecule has 8 nitrogen and oxygen atoms in total. The highest BCUT2D eigenvalue weighted by atomic mass is 16.6. The summed E-state index contributed by atoms with van der Waals surface area (Å²) in [6, 6.07) is 8.16. The first-order valence-corrected chi connectivity index (χ1v) is 8.33. The molecule has 0 amide bonds. The van der Waals surface area contributed by atoms with Crippen LogP contribution in [0.1, 0.15) is 22.5 Å². The molecular weight excluding hydrogens is 332 g/mol. The third-order valence-electron chi connectivity index (χ3n) is 4.43. The van der Waals surface area contributed by atoms with Gasteiger partial charge in [0.05, 0.1) is 23.0 Å². The number of nitro groups is 1. The first-order valence-electron chi connectivity index (χ1n) is 8.33. The van der Waals surface area contributed by atoms with Crippen molar-refractivity contribution in [2.75, 3.05) is 7.05 Å². The van der Waals surface area contributed by atoms with Crippen LogP contribution in [0, 0.1) is 30.9 Å². The Bertz CT molecular complexity index is 943. The van der Waals surface area contributed by atoms with Gasteiger partial charge in [0.2, 0.25) is 0 Å². The molecule has 0 aliphatic carbocycles. The number of hydrogen-bond acceptors (Lipinski definition) is 5. The van der Waals surface area contributed by atoms with E-state index in [1.54, 1.807) is 4.68 Å². The van der Waals surface area contributed by atoms with Crippen molar-refractivity contribution in [3.63, 3.8) is 0 Å². The van der Waals surface area contributed by atoms with Gasteiger partial charge in [-0.3, -0.25) is 19.7 Å². The molecule has 3 aromatic rings. The minimum Gasteiger partial charge on any atom is -0.283 e. The minimum atomic E-state index is -0.440. The van der Waals surface area contributed by atoms with Gasteiger partial charge in [-0.05, 0) is 39.4 Å². The van der Waals surface area contributed by atoms with Gasteiger partial charge in [-0.2, -0.15) is 10.2 Å². The van der Waals surface area contributed by atoms with Crippen molar-refractivity contribution in [2.24, 2.45) is 0 Å². The zero-order valence-electron chi connectivity index (χ0n) is 15.4. The largest absolute Gasteiger partial charge is 0.307 e. The zero-order chi connectivity index (χ0) is 18.8. The Morgan fingerprint density at radius 1 is 1.23 bits per heavy atom. The Morgan fingerprint density at radius 3 is 2.62 bits per heavy atom. The van der Waals surface area contributed by atoms with E-state index in [0.717, 1.165) is 22.6 Å². The summed E-state index contributed by atoms with van der Waals surface area (Å²) in [6.45, 7) is 7.28. The Hall–Kier alpha value is -3.00. The van der Waals surface area contributed by atoms with Crippen molar-refractivity contribution in [2.45, 2.75) is 34.0 Å². The lowest BCUT2D eigenvalue weighted by Gasteiger charge is -2.17. The Labute approximate surface area is 151 Å². The van der Waals surface area contributed by atoms with Gasteiger partial charge in [-0.1, -0.05) is 18.2 Å². The Kier molecular flexibility index (Phi) is 4.85. The minimum absolute atomic E-state index is 0.00173. The van der Waals surface area contributed by atoms with Crippen molar-refractivity contribution < 1.29 is 4.92 Å². The molecule has 1 aromatic carbocycles. The van der Waals surface area contributed by atoms with E-state index < -0.39 is 4.92 Å². The molecular formula is C18H22N6O2. The van der Waals surface area contributed by atoms with Gasteiger partial charge >= 0.3 is 5.69 Å². The van der Waals surface area contributed by atoms with Crippen LogP contribution in [0.4, 0.5) is 5.69 Å². The predicted molar refractivity (Wildman–Crippen MR) is 98.1 cm³/mol. The molecule has 0 aliphatic heterocycles. The molecule has 0 fully saturated rings. The van der Waals surface area contributed by atoms with Crippen LogP contribution in [0.15, 0.2) is 36.7 Å². The van der Waals surface area contributed by atoms with Crippen molar-refractivity contribution >= 4 is 5.69 Å². The fraction of sp³-hybridized carbons (Fsp3) is 0.333. The van der Waals surface area contributed by atoms with Gasteiger partial charge < -0.3 is 0 Å². The summed E-state index contributed by atoms with van der Waals surface area (Å²) in [4.78, 5) is 12.4. The quantitative estimate of drug-likeness (QED) is 0.502. The maximum Gasteiger partial charge on any atom is 0.307 e. The van der Waals surface area contributed by atoms with Gasteiger partial charge in [-0.25, -0.2) is 4.68 Å². The van der Waals surface area contributed by atoms with Crippen molar-refractivity contribution in [1.29, 1.82) is 0 Å². The molecule has 8 heteroatoms. The average molecular weight is 354 g/mol. The second kappa shape index (κ2) is 7.09. The van der Waals surface area contributed by atoms with E-state index in [2.05, 4.69) is 36.0 Å². The predicted octanol–water partition coefficient (Wildman–Crippen LogP) is 2.99. The number of nitrogens with zero attached hydrogens (tertiary/aromatic N) is 6. The van der Waals surface area contributed by atoms with Crippen LogP contribution >= 0.6 is 0 Å². The number of aromatic nitrogens is 4. The van der Waals surface area contributed by atoms with E-state index >= 15 is 0 Å². The normalized spacial score (nSPS) is 11.3. The van der Waals surface area contributed by atoms with Crippen LogP contribution in [0.3, 0.4) is 0 Å². The molecule has 0 spiro atoms. The first kappa shape index (κ1) is 17.8. The van der Waals surface area contributed by atoms with E-state index in [-0.39, 0.29) is 5.69 Å². The summed E-state index contributed by atoms with van der Waals surface area (Å²) < 4.78 is 3.54. The third kappa shape index (κ3) is 3.50. The van der Waals surface area contributed by atoms with E-state index in [0.29, 0.717) is 13.2 Å². The topological polar surface area (TPSA) is 82.0 Å². The lowest BCUT2D eigenvalue weighted by Crippen LogP contribution is -2.22. The van der Waals surface area contributed by atoms with E-state index in [4.69, 9.17) is 5.10 Å². The van der Waals surface area contributed by atoms with E-state index in [1.807, 2.05) is 30.8 Å². The van der Waals surface area contributed by atoms with Gasteiger partial charge in [0, 0.05) is 17.8 Å².